The summed E-state index contributed by atoms with van der Waals surface area (Å²) in [5, 5.41) is 0.733. The highest BCUT2D eigenvalue weighted by atomic mass is 35.5. The van der Waals surface area contributed by atoms with E-state index in [-0.39, 0.29) is 0 Å². The number of benzene rings is 1. The first kappa shape index (κ1) is 13.3. The van der Waals surface area contributed by atoms with Gasteiger partial charge in [0.15, 0.2) is 0 Å². The van der Waals surface area contributed by atoms with Crippen molar-refractivity contribution < 1.29 is 9.47 Å². The van der Waals surface area contributed by atoms with E-state index in [4.69, 9.17) is 26.8 Å². The van der Waals surface area contributed by atoms with Crippen LogP contribution in [0.15, 0.2) is 18.2 Å². The van der Waals surface area contributed by atoms with Crippen LogP contribution in [0, 0.1) is 6.92 Å². The predicted octanol–water partition coefficient (Wildman–Crippen LogP) is 2.39. The summed E-state index contributed by atoms with van der Waals surface area (Å²) in [5.41, 5.74) is 6.35. The molecule has 0 aliphatic rings. The number of hydrogen-bond acceptors (Lipinski definition) is 3. The van der Waals surface area contributed by atoms with Crippen molar-refractivity contribution in [3.05, 3.63) is 28.8 Å². The van der Waals surface area contributed by atoms with Crippen LogP contribution in [0.1, 0.15) is 12.0 Å². The summed E-state index contributed by atoms with van der Waals surface area (Å²) in [4.78, 5) is 0. The summed E-state index contributed by atoms with van der Waals surface area (Å²) in [5.74, 6) is 0.878. The van der Waals surface area contributed by atoms with E-state index in [1.807, 2.05) is 25.1 Å². The van der Waals surface area contributed by atoms with Crippen molar-refractivity contribution in [2.75, 3.05) is 26.4 Å². The number of rotatable bonds is 7. The molecular formula is C12H18ClNO2. The molecule has 1 rings (SSSR count). The van der Waals surface area contributed by atoms with Gasteiger partial charge in [-0.05, 0) is 30.7 Å². The van der Waals surface area contributed by atoms with Gasteiger partial charge < -0.3 is 15.2 Å². The normalized spacial score (nSPS) is 10.4. The van der Waals surface area contributed by atoms with E-state index >= 15 is 0 Å². The van der Waals surface area contributed by atoms with Gasteiger partial charge in [-0.15, -0.1) is 0 Å². The van der Waals surface area contributed by atoms with Crippen molar-refractivity contribution in [2.45, 2.75) is 13.3 Å². The molecule has 0 saturated carbocycles. The van der Waals surface area contributed by atoms with Crippen LogP contribution < -0.4 is 10.5 Å². The summed E-state index contributed by atoms with van der Waals surface area (Å²) >= 11 is 5.85. The molecule has 1 aromatic rings. The lowest BCUT2D eigenvalue weighted by Crippen LogP contribution is -2.10. The molecule has 0 spiro atoms. The molecule has 4 heteroatoms. The summed E-state index contributed by atoms with van der Waals surface area (Å²) in [7, 11) is 0. The Morgan fingerprint density at radius 3 is 2.75 bits per heavy atom. The van der Waals surface area contributed by atoms with Gasteiger partial charge in [-0.25, -0.2) is 0 Å². The monoisotopic (exact) mass is 243 g/mol. The van der Waals surface area contributed by atoms with Crippen molar-refractivity contribution in [3.8, 4) is 5.75 Å². The van der Waals surface area contributed by atoms with Gasteiger partial charge in [0, 0.05) is 24.6 Å². The fourth-order valence-electron chi connectivity index (χ4n) is 1.30. The lowest BCUT2D eigenvalue weighted by molar-refractivity contribution is 0.125. The molecule has 0 aromatic heterocycles. The fraction of sp³-hybridized carbons (Fsp3) is 0.500. The summed E-state index contributed by atoms with van der Waals surface area (Å²) in [6, 6.07) is 5.61. The number of aryl methyl sites for hydroxylation is 1. The smallest absolute Gasteiger partial charge is 0.122 e. The number of ether oxygens (including phenoxy) is 2. The SMILES string of the molecule is Cc1cc(Cl)ccc1OCCCOCCN. The van der Waals surface area contributed by atoms with Crippen molar-refractivity contribution >= 4 is 11.6 Å². The highest BCUT2D eigenvalue weighted by Crippen LogP contribution is 2.21. The van der Waals surface area contributed by atoms with E-state index in [0.29, 0.717) is 26.4 Å². The Labute approximate surface area is 101 Å². The summed E-state index contributed by atoms with van der Waals surface area (Å²) in [6.07, 6.45) is 0.863. The average molecular weight is 244 g/mol. The maximum atomic E-state index is 5.85. The number of hydrogen-bond donors (Lipinski definition) is 1. The van der Waals surface area contributed by atoms with Crippen LogP contribution in [-0.4, -0.2) is 26.4 Å². The highest BCUT2D eigenvalue weighted by molar-refractivity contribution is 6.30. The van der Waals surface area contributed by atoms with Gasteiger partial charge in [-0.2, -0.15) is 0 Å². The first-order valence-electron chi connectivity index (χ1n) is 5.41. The minimum atomic E-state index is 0.567. The molecule has 0 saturated heterocycles. The van der Waals surface area contributed by atoms with Gasteiger partial charge in [0.1, 0.15) is 5.75 Å². The van der Waals surface area contributed by atoms with Crippen LogP contribution in [0.2, 0.25) is 5.02 Å². The van der Waals surface area contributed by atoms with Gasteiger partial charge in [0.25, 0.3) is 0 Å². The van der Waals surface area contributed by atoms with Gasteiger partial charge in [-0.1, -0.05) is 11.6 Å². The van der Waals surface area contributed by atoms with Crippen LogP contribution in [0.5, 0.6) is 5.75 Å². The van der Waals surface area contributed by atoms with Gasteiger partial charge in [0.2, 0.25) is 0 Å². The van der Waals surface area contributed by atoms with E-state index in [9.17, 15) is 0 Å². The fourth-order valence-corrected chi connectivity index (χ4v) is 1.53. The van der Waals surface area contributed by atoms with Crippen molar-refractivity contribution in [3.63, 3.8) is 0 Å². The molecule has 90 valence electrons. The van der Waals surface area contributed by atoms with Crippen LogP contribution in [0.25, 0.3) is 0 Å². The Kier molecular flexibility index (Phi) is 6.23. The molecule has 16 heavy (non-hydrogen) atoms. The van der Waals surface area contributed by atoms with Crippen molar-refractivity contribution in [1.29, 1.82) is 0 Å². The Balaban J connectivity index is 2.21. The van der Waals surface area contributed by atoms with Gasteiger partial charge in [0.05, 0.1) is 13.2 Å². The van der Waals surface area contributed by atoms with Crippen molar-refractivity contribution in [1.82, 2.24) is 0 Å². The molecular weight excluding hydrogens is 226 g/mol. The van der Waals surface area contributed by atoms with E-state index in [0.717, 1.165) is 22.8 Å². The molecule has 0 heterocycles. The number of halogens is 1. The molecule has 0 radical (unpaired) electrons. The molecule has 0 unspecified atom stereocenters. The van der Waals surface area contributed by atoms with Gasteiger partial charge >= 0.3 is 0 Å². The van der Waals surface area contributed by atoms with Crippen LogP contribution in [-0.2, 0) is 4.74 Å². The zero-order valence-corrected chi connectivity index (χ0v) is 10.3. The molecule has 0 fully saturated rings. The lowest BCUT2D eigenvalue weighted by atomic mass is 10.2. The van der Waals surface area contributed by atoms with E-state index in [2.05, 4.69) is 0 Å². The van der Waals surface area contributed by atoms with Gasteiger partial charge in [-0.3, -0.25) is 0 Å². The first-order chi connectivity index (χ1) is 7.74. The highest BCUT2D eigenvalue weighted by Gasteiger charge is 1.99. The largest absolute Gasteiger partial charge is 0.493 e. The second-order valence-electron chi connectivity index (χ2n) is 3.51. The Morgan fingerprint density at radius 2 is 2.06 bits per heavy atom. The zero-order valence-electron chi connectivity index (χ0n) is 9.54. The Hall–Kier alpha value is -0.770. The maximum absolute atomic E-state index is 5.85. The third-order valence-corrected chi connectivity index (χ3v) is 2.32. The third kappa shape index (κ3) is 4.84. The van der Waals surface area contributed by atoms with E-state index < -0.39 is 0 Å². The molecule has 2 N–H and O–H groups in total. The molecule has 1 aromatic carbocycles. The Bertz CT molecular complexity index is 318. The molecule has 0 atom stereocenters. The van der Waals surface area contributed by atoms with Crippen LogP contribution >= 0.6 is 11.6 Å². The molecule has 0 aliphatic heterocycles. The summed E-state index contributed by atoms with van der Waals surface area (Å²) in [6.45, 7) is 4.49. The predicted molar refractivity (Wildman–Crippen MR) is 66.2 cm³/mol. The molecule has 0 amide bonds. The lowest BCUT2D eigenvalue weighted by Gasteiger charge is -2.09. The van der Waals surface area contributed by atoms with E-state index in [1.54, 1.807) is 0 Å². The minimum absolute atomic E-state index is 0.567. The number of nitrogens with two attached hydrogens (primary N) is 1. The maximum Gasteiger partial charge on any atom is 0.122 e. The minimum Gasteiger partial charge on any atom is -0.493 e. The quantitative estimate of drug-likeness (QED) is 0.748. The van der Waals surface area contributed by atoms with Crippen LogP contribution in [0.4, 0.5) is 0 Å². The zero-order chi connectivity index (χ0) is 11.8. The molecule has 0 aliphatic carbocycles. The molecule has 3 nitrogen and oxygen atoms in total. The van der Waals surface area contributed by atoms with Crippen LogP contribution in [0.3, 0.4) is 0 Å². The second kappa shape index (κ2) is 7.49. The topological polar surface area (TPSA) is 44.5 Å². The Morgan fingerprint density at radius 1 is 1.25 bits per heavy atom. The second-order valence-corrected chi connectivity index (χ2v) is 3.95. The van der Waals surface area contributed by atoms with Crippen molar-refractivity contribution in [2.24, 2.45) is 5.73 Å². The summed E-state index contributed by atoms with van der Waals surface area (Å²) < 4.78 is 10.8. The third-order valence-electron chi connectivity index (χ3n) is 2.09. The standard InChI is InChI=1S/C12H18ClNO2/c1-10-9-11(13)3-4-12(10)16-7-2-6-15-8-5-14/h3-4,9H,2,5-8,14H2,1H3. The molecule has 0 bridgehead atoms. The van der Waals surface area contributed by atoms with E-state index in [1.165, 1.54) is 0 Å². The average Bonchev–Trinajstić information content (AvgIpc) is 2.26. The first-order valence-corrected chi connectivity index (χ1v) is 5.78.